The van der Waals surface area contributed by atoms with Gasteiger partial charge in [-0.05, 0) is 19.9 Å². The molecule has 4 rings (SSSR count). The summed E-state index contributed by atoms with van der Waals surface area (Å²) in [4.78, 5) is 21.3. The van der Waals surface area contributed by atoms with Crippen LogP contribution >= 0.6 is 0 Å². The molecule has 2 fully saturated rings. The predicted octanol–water partition coefficient (Wildman–Crippen LogP) is 1.30. The number of hydrogen-bond donors (Lipinski definition) is 1. The summed E-state index contributed by atoms with van der Waals surface area (Å²) in [6, 6.07) is 8.10. The highest BCUT2D eigenvalue weighted by atomic mass is 16.5. The SMILES string of the molecule is Cc1ccc(-c2noc(CN3CCN(C(=O)C4CCNC4)CC3)n2)cc1. The van der Waals surface area contributed by atoms with E-state index in [1.54, 1.807) is 0 Å². The smallest absolute Gasteiger partial charge is 0.241 e. The molecule has 0 spiro atoms. The number of nitrogens with zero attached hydrogens (tertiary/aromatic N) is 4. The first-order valence-electron chi connectivity index (χ1n) is 9.30. The van der Waals surface area contributed by atoms with Gasteiger partial charge in [-0.15, -0.1) is 0 Å². The number of nitrogens with one attached hydrogen (secondary N) is 1. The van der Waals surface area contributed by atoms with E-state index in [9.17, 15) is 4.79 Å². The van der Waals surface area contributed by atoms with E-state index in [2.05, 4.69) is 27.3 Å². The van der Waals surface area contributed by atoms with Crippen LogP contribution in [0, 0.1) is 12.8 Å². The molecule has 7 heteroatoms. The first kappa shape index (κ1) is 17.2. The summed E-state index contributed by atoms with van der Waals surface area (Å²) in [6.45, 7) is 7.69. The number of benzene rings is 1. The zero-order valence-corrected chi connectivity index (χ0v) is 15.1. The predicted molar refractivity (Wildman–Crippen MR) is 97.3 cm³/mol. The first-order valence-corrected chi connectivity index (χ1v) is 9.30. The minimum atomic E-state index is 0.162. The summed E-state index contributed by atoms with van der Waals surface area (Å²) in [7, 11) is 0. The lowest BCUT2D eigenvalue weighted by atomic mass is 10.1. The lowest BCUT2D eigenvalue weighted by Gasteiger charge is -2.35. The van der Waals surface area contributed by atoms with Crippen molar-refractivity contribution >= 4 is 5.91 Å². The van der Waals surface area contributed by atoms with Crippen molar-refractivity contribution in [1.29, 1.82) is 0 Å². The molecule has 1 aromatic carbocycles. The maximum Gasteiger partial charge on any atom is 0.241 e. The second kappa shape index (κ2) is 7.55. The van der Waals surface area contributed by atoms with Gasteiger partial charge in [0.05, 0.1) is 12.5 Å². The number of carbonyl (C=O) groups is 1. The molecule has 0 saturated carbocycles. The fourth-order valence-corrected chi connectivity index (χ4v) is 3.58. The van der Waals surface area contributed by atoms with Gasteiger partial charge in [0, 0.05) is 38.3 Å². The van der Waals surface area contributed by atoms with Crippen LogP contribution in [0.2, 0.25) is 0 Å². The zero-order valence-electron chi connectivity index (χ0n) is 15.1. The van der Waals surface area contributed by atoms with Gasteiger partial charge in [0.1, 0.15) is 0 Å². The number of aromatic nitrogens is 2. The van der Waals surface area contributed by atoms with Crippen LogP contribution in [0.3, 0.4) is 0 Å². The number of piperazine rings is 1. The number of amides is 1. The topological polar surface area (TPSA) is 74.5 Å². The van der Waals surface area contributed by atoms with Gasteiger partial charge in [-0.2, -0.15) is 4.98 Å². The van der Waals surface area contributed by atoms with Gasteiger partial charge in [0.2, 0.25) is 17.6 Å². The Balaban J connectivity index is 1.30. The van der Waals surface area contributed by atoms with Crippen LogP contribution in [-0.4, -0.2) is 65.1 Å². The Bertz CT molecular complexity index is 744. The molecule has 2 aliphatic rings. The fourth-order valence-electron chi connectivity index (χ4n) is 3.58. The van der Waals surface area contributed by atoms with Gasteiger partial charge >= 0.3 is 0 Å². The van der Waals surface area contributed by atoms with Crippen LogP contribution in [0.4, 0.5) is 0 Å². The quantitative estimate of drug-likeness (QED) is 0.891. The van der Waals surface area contributed by atoms with E-state index >= 15 is 0 Å². The minimum Gasteiger partial charge on any atom is -0.340 e. The molecule has 2 aromatic rings. The Hall–Kier alpha value is -2.25. The van der Waals surface area contributed by atoms with Crippen molar-refractivity contribution in [2.75, 3.05) is 39.3 Å². The molecule has 0 aliphatic carbocycles. The molecule has 138 valence electrons. The molecule has 26 heavy (non-hydrogen) atoms. The second-order valence-corrected chi connectivity index (χ2v) is 7.17. The summed E-state index contributed by atoms with van der Waals surface area (Å²) < 4.78 is 5.42. The van der Waals surface area contributed by atoms with Gasteiger partial charge in [0.25, 0.3) is 0 Å². The molecule has 2 aliphatic heterocycles. The van der Waals surface area contributed by atoms with Crippen LogP contribution in [0.1, 0.15) is 17.9 Å². The average molecular weight is 355 g/mol. The number of carbonyl (C=O) groups excluding carboxylic acids is 1. The van der Waals surface area contributed by atoms with E-state index in [1.807, 2.05) is 29.2 Å². The lowest BCUT2D eigenvalue weighted by molar-refractivity contribution is -0.136. The molecule has 0 bridgehead atoms. The molecule has 1 amide bonds. The third kappa shape index (κ3) is 3.78. The second-order valence-electron chi connectivity index (χ2n) is 7.17. The molecule has 1 unspecified atom stereocenters. The molecular formula is C19H25N5O2. The maximum atomic E-state index is 12.5. The Morgan fingerprint density at radius 2 is 2.00 bits per heavy atom. The Kier molecular flexibility index (Phi) is 4.99. The minimum absolute atomic E-state index is 0.162. The van der Waals surface area contributed by atoms with Crippen LogP contribution < -0.4 is 5.32 Å². The van der Waals surface area contributed by atoms with Crippen molar-refractivity contribution in [2.45, 2.75) is 19.9 Å². The summed E-state index contributed by atoms with van der Waals surface area (Å²) in [5, 5.41) is 7.36. The number of aryl methyl sites for hydroxylation is 1. The van der Waals surface area contributed by atoms with Gasteiger partial charge < -0.3 is 14.7 Å². The first-order chi connectivity index (χ1) is 12.7. The molecule has 3 heterocycles. The van der Waals surface area contributed by atoms with E-state index in [1.165, 1.54) is 5.56 Å². The van der Waals surface area contributed by atoms with Crippen LogP contribution in [0.25, 0.3) is 11.4 Å². The lowest BCUT2D eigenvalue weighted by Crippen LogP contribution is -2.50. The van der Waals surface area contributed by atoms with E-state index in [4.69, 9.17) is 4.52 Å². The van der Waals surface area contributed by atoms with Crippen molar-refractivity contribution < 1.29 is 9.32 Å². The normalized spacial score (nSPS) is 21.3. The maximum absolute atomic E-state index is 12.5. The van der Waals surface area contributed by atoms with Crippen molar-refractivity contribution in [3.05, 3.63) is 35.7 Å². The fraction of sp³-hybridized carbons (Fsp3) is 0.526. The summed E-state index contributed by atoms with van der Waals surface area (Å²) in [6.07, 6.45) is 0.961. The highest BCUT2D eigenvalue weighted by molar-refractivity contribution is 5.79. The average Bonchev–Trinajstić information content (AvgIpc) is 3.35. The largest absolute Gasteiger partial charge is 0.340 e. The molecule has 1 N–H and O–H groups in total. The van der Waals surface area contributed by atoms with Gasteiger partial charge in [-0.3, -0.25) is 9.69 Å². The molecule has 1 atom stereocenters. The van der Waals surface area contributed by atoms with Crippen LogP contribution in [0.5, 0.6) is 0 Å². The Morgan fingerprint density at radius 3 is 2.69 bits per heavy atom. The van der Waals surface area contributed by atoms with Gasteiger partial charge in [0.15, 0.2) is 0 Å². The highest BCUT2D eigenvalue weighted by Gasteiger charge is 2.29. The monoisotopic (exact) mass is 355 g/mol. The molecule has 0 radical (unpaired) electrons. The van der Waals surface area contributed by atoms with Crippen LogP contribution in [-0.2, 0) is 11.3 Å². The third-order valence-electron chi connectivity index (χ3n) is 5.23. The highest BCUT2D eigenvalue weighted by Crippen LogP contribution is 2.18. The van der Waals surface area contributed by atoms with Gasteiger partial charge in [-0.1, -0.05) is 35.0 Å². The standard InChI is InChI=1S/C19H25N5O2/c1-14-2-4-15(5-3-14)18-21-17(26-22-18)13-23-8-10-24(11-9-23)19(25)16-6-7-20-12-16/h2-5,16,20H,6-13H2,1H3. The Labute approximate surface area is 153 Å². The Morgan fingerprint density at radius 1 is 1.23 bits per heavy atom. The summed E-state index contributed by atoms with van der Waals surface area (Å²) in [5.41, 5.74) is 2.17. The molecule has 1 aromatic heterocycles. The third-order valence-corrected chi connectivity index (χ3v) is 5.23. The van der Waals surface area contributed by atoms with Crippen molar-refractivity contribution in [2.24, 2.45) is 5.92 Å². The summed E-state index contributed by atoms with van der Waals surface area (Å²) in [5.74, 6) is 1.71. The van der Waals surface area contributed by atoms with E-state index in [0.717, 1.165) is 51.3 Å². The van der Waals surface area contributed by atoms with Gasteiger partial charge in [-0.25, -0.2) is 0 Å². The number of hydrogen-bond acceptors (Lipinski definition) is 6. The van der Waals surface area contributed by atoms with Crippen molar-refractivity contribution in [3.63, 3.8) is 0 Å². The zero-order chi connectivity index (χ0) is 17.9. The van der Waals surface area contributed by atoms with E-state index < -0.39 is 0 Å². The molecule has 2 saturated heterocycles. The summed E-state index contributed by atoms with van der Waals surface area (Å²) >= 11 is 0. The van der Waals surface area contributed by atoms with Crippen molar-refractivity contribution in [1.82, 2.24) is 25.3 Å². The van der Waals surface area contributed by atoms with Crippen molar-refractivity contribution in [3.8, 4) is 11.4 Å². The molecule has 7 nitrogen and oxygen atoms in total. The van der Waals surface area contributed by atoms with E-state index in [0.29, 0.717) is 24.2 Å². The van der Waals surface area contributed by atoms with E-state index in [-0.39, 0.29) is 5.92 Å². The van der Waals surface area contributed by atoms with Crippen LogP contribution in [0.15, 0.2) is 28.8 Å². The number of rotatable bonds is 4. The molecular weight excluding hydrogens is 330 g/mol.